The van der Waals surface area contributed by atoms with Crippen molar-refractivity contribution in [1.29, 1.82) is 0 Å². The second kappa shape index (κ2) is 5.04. The van der Waals surface area contributed by atoms with Crippen LogP contribution < -0.4 is 0 Å². The van der Waals surface area contributed by atoms with Crippen LogP contribution in [0.4, 0.5) is 0 Å². The lowest BCUT2D eigenvalue weighted by atomic mass is 9.98. The van der Waals surface area contributed by atoms with Gasteiger partial charge in [-0.05, 0) is 33.6 Å². The zero-order valence-corrected chi connectivity index (χ0v) is 12.7. The summed E-state index contributed by atoms with van der Waals surface area (Å²) in [4.78, 5) is 2.56. The number of fused-ring (bicyclic) bond motifs is 1. The first kappa shape index (κ1) is 13.6. The molecule has 0 radical (unpaired) electrons. The molecule has 3 heteroatoms. The van der Waals surface area contributed by atoms with Gasteiger partial charge in [0.2, 0.25) is 0 Å². The minimum Gasteiger partial charge on any atom is -0.296 e. The monoisotopic (exact) mass is 249 g/mol. The van der Waals surface area contributed by atoms with E-state index in [1.807, 2.05) is 0 Å². The van der Waals surface area contributed by atoms with Gasteiger partial charge in [0.1, 0.15) is 0 Å². The van der Waals surface area contributed by atoms with E-state index >= 15 is 0 Å². The molecule has 1 aliphatic heterocycles. The van der Waals surface area contributed by atoms with Crippen LogP contribution in [0.1, 0.15) is 70.5 Å². The van der Waals surface area contributed by atoms with E-state index in [0.29, 0.717) is 18.0 Å². The molecule has 0 aliphatic carbocycles. The zero-order valence-electron chi connectivity index (χ0n) is 12.7. The van der Waals surface area contributed by atoms with Gasteiger partial charge in [-0.15, -0.1) is 0 Å². The average Bonchev–Trinajstić information content (AvgIpc) is 2.66. The van der Waals surface area contributed by atoms with Crippen LogP contribution in [0.15, 0.2) is 0 Å². The molecule has 18 heavy (non-hydrogen) atoms. The second-order valence-electron chi connectivity index (χ2n) is 6.32. The fraction of sp³-hybridized carbons (Fsp3) is 0.800. The van der Waals surface area contributed by atoms with Gasteiger partial charge in [-0.1, -0.05) is 13.8 Å². The largest absolute Gasteiger partial charge is 0.296 e. The van der Waals surface area contributed by atoms with Crippen LogP contribution in [0.5, 0.6) is 0 Å². The maximum Gasteiger partial charge on any atom is 0.0685 e. The van der Waals surface area contributed by atoms with Gasteiger partial charge in [0.15, 0.2) is 0 Å². The summed E-state index contributed by atoms with van der Waals surface area (Å²) in [6.07, 6.45) is 1.10. The predicted molar refractivity (Wildman–Crippen MR) is 76.0 cm³/mol. The molecule has 0 saturated carbocycles. The van der Waals surface area contributed by atoms with Crippen LogP contribution in [0.3, 0.4) is 0 Å². The highest BCUT2D eigenvalue weighted by atomic mass is 15.3. The number of nitrogens with zero attached hydrogens (tertiary/aromatic N) is 3. The lowest BCUT2D eigenvalue weighted by Gasteiger charge is -2.30. The van der Waals surface area contributed by atoms with Crippen molar-refractivity contribution in [3.8, 4) is 0 Å². The van der Waals surface area contributed by atoms with Gasteiger partial charge in [-0.25, -0.2) is 0 Å². The lowest BCUT2D eigenvalue weighted by molar-refractivity contribution is 0.202. The van der Waals surface area contributed by atoms with Crippen LogP contribution in [-0.2, 0) is 13.0 Å². The van der Waals surface area contributed by atoms with Crippen LogP contribution in [-0.4, -0.2) is 27.3 Å². The molecule has 1 aromatic rings. The summed E-state index contributed by atoms with van der Waals surface area (Å²) in [7, 11) is 0. The summed E-state index contributed by atoms with van der Waals surface area (Å²) in [6, 6.07) is 1.08. The third-order valence-corrected chi connectivity index (χ3v) is 3.90. The minimum absolute atomic E-state index is 0.459. The summed E-state index contributed by atoms with van der Waals surface area (Å²) in [5, 5.41) is 4.86. The van der Waals surface area contributed by atoms with Gasteiger partial charge < -0.3 is 0 Å². The predicted octanol–water partition coefficient (Wildman–Crippen LogP) is 3.35. The summed E-state index contributed by atoms with van der Waals surface area (Å²) < 4.78 is 2.25. The van der Waals surface area contributed by atoms with E-state index in [2.05, 4.69) is 51.1 Å². The number of hydrogen-bond donors (Lipinski definition) is 0. The standard InChI is InChI=1S/C15H27N3/c1-10(2)15-13-9-17(11(3)4)8-7-14(13)16-18(15)12(5)6/h10-12H,7-9H2,1-6H3. The zero-order chi connectivity index (χ0) is 13.4. The first-order valence-electron chi connectivity index (χ1n) is 7.26. The van der Waals surface area contributed by atoms with E-state index in [4.69, 9.17) is 5.10 Å². The Morgan fingerprint density at radius 2 is 1.67 bits per heavy atom. The molecule has 0 N–H and O–H groups in total. The van der Waals surface area contributed by atoms with Gasteiger partial charge in [0.25, 0.3) is 0 Å². The van der Waals surface area contributed by atoms with Crippen molar-refractivity contribution in [3.63, 3.8) is 0 Å². The Bertz CT molecular complexity index is 416. The molecule has 0 amide bonds. The fourth-order valence-corrected chi connectivity index (χ4v) is 2.88. The minimum atomic E-state index is 0.459. The van der Waals surface area contributed by atoms with E-state index in [9.17, 15) is 0 Å². The van der Waals surface area contributed by atoms with E-state index in [1.54, 1.807) is 0 Å². The summed E-state index contributed by atoms with van der Waals surface area (Å²) in [5.74, 6) is 0.552. The van der Waals surface area contributed by atoms with Crippen LogP contribution in [0.25, 0.3) is 0 Å². The maximum atomic E-state index is 4.86. The SMILES string of the molecule is CC(C)c1c2c(nn1C(C)C)CCN(C(C)C)C2. The van der Waals surface area contributed by atoms with Gasteiger partial charge in [-0.3, -0.25) is 9.58 Å². The molecule has 0 aromatic carbocycles. The average molecular weight is 249 g/mol. The first-order valence-corrected chi connectivity index (χ1v) is 7.26. The molecule has 0 fully saturated rings. The number of rotatable bonds is 3. The Balaban J connectivity index is 2.42. The molecule has 0 unspecified atom stereocenters. The normalized spacial score (nSPS) is 16.9. The Kier molecular flexibility index (Phi) is 3.81. The van der Waals surface area contributed by atoms with Gasteiger partial charge in [-0.2, -0.15) is 5.10 Å². The van der Waals surface area contributed by atoms with E-state index in [0.717, 1.165) is 19.5 Å². The number of aromatic nitrogens is 2. The molecule has 0 atom stereocenters. The van der Waals surface area contributed by atoms with Crippen molar-refractivity contribution in [2.45, 2.75) is 72.5 Å². The fourth-order valence-electron chi connectivity index (χ4n) is 2.88. The maximum absolute atomic E-state index is 4.86. The molecular formula is C15H27N3. The summed E-state index contributed by atoms with van der Waals surface area (Å²) in [5.41, 5.74) is 4.29. The molecule has 3 nitrogen and oxygen atoms in total. The van der Waals surface area contributed by atoms with Gasteiger partial charge in [0.05, 0.1) is 5.69 Å². The smallest absolute Gasteiger partial charge is 0.0685 e. The van der Waals surface area contributed by atoms with Crippen LogP contribution in [0, 0.1) is 0 Å². The van der Waals surface area contributed by atoms with E-state index in [1.165, 1.54) is 17.0 Å². The molecule has 0 saturated heterocycles. The van der Waals surface area contributed by atoms with E-state index in [-0.39, 0.29) is 0 Å². The molecule has 0 bridgehead atoms. The highest BCUT2D eigenvalue weighted by molar-refractivity contribution is 5.31. The van der Waals surface area contributed by atoms with E-state index < -0.39 is 0 Å². The topological polar surface area (TPSA) is 21.1 Å². The second-order valence-corrected chi connectivity index (χ2v) is 6.32. The highest BCUT2D eigenvalue weighted by Crippen LogP contribution is 2.30. The summed E-state index contributed by atoms with van der Waals surface area (Å²) in [6.45, 7) is 15.8. The van der Waals surface area contributed by atoms with Crippen LogP contribution >= 0.6 is 0 Å². The Morgan fingerprint density at radius 1 is 1.00 bits per heavy atom. The van der Waals surface area contributed by atoms with Crippen molar-refractivity contribution in [1.82, 2.24) is 14.7 Å². The molecular weight excluding hydrogens is 222 g/mol. The molecule has 0 spiro atoms. The molecule has 102 valence electrons. The van der Waals surface area contributed by atoms with Crippen molar-refractivity contribution >= 4 is 0 Å². The van der Waals surface area contributed by atoms with Gasteiger partial charge >= 0.3 is 0 Å². The third kappa shape index (κ3) is 2.33. The quantitative estimate of drug-likeness (QED) is 0.819. The Labute approximate surface area is 111 Å². The highest BCUT2D eigenvalue weighted by Gasteiger charge is 2.27. The van der Waals surface area contributed by atoms with Crippen molar-refractivity contribution in [3.05, 3.63) is 17.0 Å². The van der Waals surface area contributed by atoms with Gasteiger partial charge in [0, 0.05) is 42.9 Å². The molecule has 2 heterocycles. The first-order chi connectivity index (χ1) is 8.41. The molecule has 1 aromatic heterocycles. The summed E-state index contributed by atoms with van der Waals surface area (Å²) >= 11 is 0. The van der Waals surface area contributed by atoms with Crippen molar-refractivity contribution < 1.29 is 0 Å². The van der Waals surface area contributed by atoms with Crippen LogP contribution in [0.2, 0.25) is 0 Å². The lowest BCUT2D eigenvalue weighted by Crippen LogP contribution is -2.36. The third-order valence-electron chi connectivity index (χ3n) is 3.90. The Hall–Kier alpha value is -0.830. The van der Waals surface area contributed by atoms with Crippen molar-refractivity contribution in [2.24, 2.45) is 0 Å². The van der Waals surface area contributed by atoms with Crippen molar-refractivity contribution in [2.75, 3.05) is 6.54 Å². The molecule has 1 aliphatic rings. The Morgan fingerprint density at radius 3 is 2.17 bits per heavy atom. The molecule has 2 rings (SSSR count). The number of hydrogen-bond acceptors (Lipinski definition) is 2.